The molecule has 5 nitrogen and oxygen atoms in total. The molecule has 0 atom stereocenters. The second kappa shape index (κ2) is 6.15. The van der Waals surface area contributed by atoms with E-state index >= 15 is 0 Å². The third-order valence-electron chi connectivity index (χ3n) is 2.88. The van der Waals surface area contributed by atoms with Crippen molar-refractivity contribution in [2.45, 2.75) is 12.8 Å². The molecule has 0 saturated heterocycles. The molecule has 2 aromatic rings. The van der Waals surface area contributed by atoms with E-state index in [9.17, 15) is 9.59 Å². The zero-order valence-corrected chi connectivity index (χ0v) is 10.4. The van der Waals surface area contributed by atoms with Gasteiger partial charge in [0.25, 0.3) is 5.56 Å². The number of pyridine rings is 1. The van der Waals surface area contributed by atoms with Crippen LogP contribution in [0.1, 0.15) is 12.0 Å². The van der Waals surface area contributed by atoms with Crippen LogP contribution in [0.25, 0.3) is 10.8 Å². The van der Waals surface area contributed by atoms with Crippen molar-refractivity contribution in [2.75, 3.05) is 13.2 Å². The van der Waals surface area contributed by atoms with E-state index in [1.54, 1.807) is 12.3 Å². The quantitative estimate of drug-likeness (QED) is 0.773. The summed E-state index contributed by atoms with van der Waals surface area (Å²) >= 11 is 0. The number of aromatic amines is 1. The second-order valence-electron chi connectivity index (χ2n) is 4.19. The van der Waals surface area contributed by atoms with Crippen LogP contribution in [0, 0.1) is 0 Å². The Labute approximate surface area is 109 Å². The molecule has 0 saturated carbocycles. The fraction of sp³-hybridized carbons (Fsp3) is 0.286. The minimum atomic E-state index is -0.864. The molecule has 0 radical (unpaired) electrons. The van der Waals surface area contributed by atoms with Crippen LogP contribution in [0.4, 0.5) is 0 Å². The molecule has 1 aromatic carbocycles. The number of fused-ring (bicyclic) bond motifs is 1. The van der Waals surface area contributed by atoms with E-state index in [-0.39, 0.29) is 18.6 Å². The summed E-state index contributed by atoms with van der Waals surface area (Å²) < 4.78 is 5.26. The van der Waals surface area contributed by atoms with Gasteiger partial charge in [-0.05, 0) is 29.5 Å². The minimum absolute atomic E-state index is 0.00913. The van der Waals surface area contributed by atoms with Crippen molar-refractivity contribution < 1.29 is 14.6 Å². The fourth-order valence-corrected chi connectivity index (χ4v) is 1.95. The molecule has 0 fully saturated rings. The molecule has 0 aliphatic rings. The van der Waals surface area contributed by atoms with Crippen LogP contribution in [-0.2, 0) is 16.0 Å². The first kappa shape index (κ1) is 13.3. The zero-order valence-electron chi connectivity index (χ0n) is 10.4. The molecular weight excluding hydrogens is 246 g/mol. The van der Waals surface area contributed by atoms with E-state index in [4.69, 9.17) is 9.84 Å². The topological polar surface area (TPSA) is 79.4 Å². The van der Waals surface area contributed by atoms with E-state index in [0.717, 1.165) is 10.9 Å². The van der Waals surface area contributed by atoms with E-state index in [2.05, 4.69) is 4.98 Å². The van der Waals surface area contributed by atoms with Crippen LogP contribution in [0.2, 0.25) is 0 Å². The fourth-order valence-electron chi connectivity index (χ4n) is 1.95. The average molecular weight is 261 g/mol. The van der Waals surface area contributed by atoms with Gasteiger partial charge in [0.05, 0.1) is 19.6 Å². The van der Waals surface area contributed by atoms with Crippen molar-refractivity contribution in [3.63, 3.8) is 0 Å². The molecule has 5 heteroatoms. The first-order valence-corrected chi connectivity index (χ1v) is 6.07. The van der Waals surface area contributed by atoms with Gasteiger partial charge in [-0.3, -0.25) is 9.59 Å². The molecule has 1 heterocycles. The van der Waals surface area contributed by atoms with Crippen LogP contribution in [-0.4, -0.2) is 29.3 Å². The molecule has 0 aliphatic heterocycles. The second-order valence-corrected chi connectivity index (χ2v) is 4.19. The van der Waals surface area contributed by atoms with Gasteiger partial charge < -0.3 is 14.8 Å². The maximum atomic E-state index is 11.6. The molecule has 0 aliphatic carbocycles. The molecule has 1 aromatic heterocycles. The number of aromatic nitrogens is 1. The summed E-state index contributed by atoms with van der Waals surface area (Å²) in [7, 11) is 0. The van der Waals surface area contributed by atoms with E-state index < -0.39 is 5.97 Å². The number of carboxylic acids is 1. The Kier molecular flexibility index (Phi) is 4.30. The number of hydrogen-bond donors (Lipinski definition) is 2. The number of aliphatic carboxylic acids is 1. The molecule has 2 N–H and O–H groups in total. The monoisotopic (exact) mass is 261 g/mol. The number of rotatable bonds is 6. The number of ether oxygens (including phenoxy) is 1. The Morgan fingerprint density at radius 2 is 2.05 bits per heavy atom. The summed E-state index contributed by atoms with van der Waals surface area (Å²) in [5, 5.41) is 10.1. The molecule has 19 heavy (non-hydrogen) atoms. The van der Waals surface area contributed by atoms with Crippen molar-refractivity contribution in [1.29, 1.82) is 0 Å². The van der Waals surface area contributed by atoms with Crippen LogP contribution >= 0.6 is 0 Å². The molecule has 0 unspecified atom stereocenters. The highest BCUT2D eigenvalue weighted by molar-refractivity contribution is 5.84. The van der Waals surface area contributed by atoms with Crippen molar-refractivity contribution in [1.82, 2.24) is 4.98 Å². The Morgan fingerprint density at radius 3 is 2.84 bits per heavy atom. The van der Waals surface area contributed by atoms with Crippen molar-refractivity contribution >= 4 is 16.7 Å². The highest BCUT2D eigenvalue weighted by atomic mass is 16.5. The predicted molar refractivity (Wildman–Crippen MR) is 71.3 cm³/mol. The van der Waals surface area contributed by atoms with E-state index in [0.29, 0.717) is 18.4 Å². The lowest BCUT2D eigenvalue weighted by Gasteiger charge is -2.06. The summed E-state index contributed by atoms with van der Waals surface area (Å²) in [5.41, 5.74) is 0.921. The van der Waals surface area contributed by atoms with Crippen molar-refractivity contribution in [3.05, 3.63) is 46.4 Å². The van der Waals surface area contributed by atoms with Gasteiger partial charge in [0.15, 0.2) is 0 Å². The number of carboxylic acid groups (broad SMARTS) is 1. The lowest BCUT2D eigenvalue weighted by atomic mass is 10.0. The zero-order chi connectivity index (χ0) is 13.7. The third-order valence-corrected chi connectivity index (χ3v) is 2.88. The first-order valence-electron chi connectivity index (χ1n) is 6.07. The number of hydrogen-bond acceptors (Lipinski definition) is 3. The maximum Gasteiger partial charge on any atom is 0.305 e. The van der Waals surface area contributed by atoms with Crippen molar-refractivity contribution in [3.8, 4) is 0 Å². The molecule has 0 amide bonds. The first-order chi connectivity index (χ1) is 9.18. The highest BCUT2D eigenvalue weighted by Gasteiger charge is 2.03. The van der Waals surface area contributed by atoms with Gasteiger partial charge >= 0.3 is 5.97 Å². The largest absolute Gasteiger partial charge is 0.481 e. The van der Waals surface area contributed by atoms with Crippen LogP contribution in [0.3, 0.4) is 0 Å². The summed E-state index contributed by atoms with van der Waals surface area (Å²) in [4.78, 5) is 24.6. The number of carbonyl (C=O) groups is 1. The Bertz CT molecular complexity index is 633. The molecule has 0 spiro atoms. The van der Waals surface area contributed by atoms with Gasteiger partial charge in [-0.15, -0.1) is 0 Å². The van der Waals surface area contributed by atoms with Gasteiger partial charge in [0.2, 0.25) is 0 Å². The summed E-state index contributed by atoms with van der Waals surface area (Å²) in [5.74, 6) is -0.864. The van der Waals surface area contributed by atoms with Gasteiger partial charge in [-0.25, -0.2) is 0 Å². The molecule has 100 valence electrons. The number of benzene rings is 1. The highest BCUT2D eigenvalue weighted by Crippen LogP contribution is 2.15. The van der Waals surface area contributed by atoms with Gasteiger partial charge in [0.1, 0.15) is 0 Å². The molecule has 0 bridgehead atoms. The molecule has 2 rings (SSSR count). The standard InChI is InChI=1S/C14H15NO4/c16-13(17)6-9-19-8-5-10-2-1-3-12-11(10)4-7-15-14(12)18/h1-4,7H,5-6,8-9H2,(H,15,18)(H,16,17). The lowest BCUT2D eigenvalue weighted by Crippen LogP contribution is -2.07. The normalized spacial score (nSPS) is 10.7. The summed E-state index contributed by atoms with van der Waals surface area (Å²) in [6.45, 7) is 0.653. The Balaban J connectivity index is 2.03. The lowest BCUT2D eigenvalue weighted by molar-refractivity contribution is -0.138. The average Bonchev–Trinajstić information content (AvgIpc) is 2.39. The smallest absolute Gasteiger partial charge is 0.305 e. The van der Waals surface area contributed by atoms with Crippen LogP contribution in [0.15, 0.2) is 35.3 Å². The predicted octanol–water partition coefficient (Wildman–Crippen LogP) is 1.56. The summed E-state index contributed by atoms with van der Waals surface area (Å²) in [6.07, 6.45) is 2.29. The van der Waals surface area contributed by atoms with Gasteiger partial charge in [0, 0.05) is 11.6 Å². The maximum absolute atomic E-state index is 11.6. The van der Waals surface area contributed by atoms with E-state index in [1.807, 2.05) is 18.2 Å². The third kappa shape index (κ3) is 3.42. The van der Waals surface area contributed by atoms with E-state index in [1.165, 1.54) is 0 Å². The SMILES string of the molecule is O=C(O)CCOCCc1cccc2c(=O)[nH]ccc12. The number of nitrogens with one attached hydrogen (secondary N) is 1. The number of H-pyrrole nitrogens is 1. The van der Waals surface area contributed by atoms with Crippen LogP contribution in [0.5, 0.6) is 0 Å². The Morgan fingerprint density at radius 1 is 1.21 bits per heavy atom. The van der Waals surface area contributed by atoms with Crippen molar-refractivity contribution in [2.24, 2.45) is 0 Å². The summed E-state index contributed by atoms with van der Waals surface area (Å²) in [6, 6.07) is 7.43. The molecular formula is C14H15NO4. The Hall–Kier alpha value is -2.14. The van der Waals surface area contributed by atoms with Gasteiger partial charge in [-0.2, -0.15) is 0 Å². The van der Waals surface area contributed by atoms with Gasteiger partial charge in [-0.1, -0.05) is 12.1 Å². The minimum Gasteiger partial charge on any atom is -0.481 e. The van der Waals surface area contributed by atoms with Crippen LogP contribution < -0.4 is 5.56 Å².